The fourth-order valence-corrected chi connectivity index (χ4v) is 2.34. The lowest BCUT2D eigenvalue weighted by Crippen LogP contribution is -2.24. The normalized spacial score (nSPS) is 11.4. The maximum Gasteiger partial charge on any atom is 0.128 e. The second kappa shape index (κ2) is 7.10. The molecule has 2 aromatic carbocycles. The standard InChI is InChI=1S/C22H22N2O2/c1-21(2,3)25-17-9-10-20(26-22(4,5)6)19(12-17)18-11-15(13-23)7-8-16(18)14-24/h8,10-12H,1-6H3. The molecular weight excluding hydrogens is 324 g/mol. The van der Waals surface area contributed by atoms with E-state index in [1.54, 1.807) is 18.2 Å². The molecule has 0 amide bonds. The topological polar surface area (TPSA) is 66.0 Å². The summed E-state index contributed by atoms with van der Waals surface area (Å²) >= 11 is 0. The number of rotatable bonds is 3. The molecule has 2 radical (unpaired) electrons. The Kier molecular flexibility index (Phi) is 5.28. The SMILES string of the molecule is CC(C)(C)Oc1[c]cc(OC(C)(C)C)c(-c2cc(C#N)[c]cc2C#N)c1. The van der Waals surface area contributed by atoms with Crippen molar-refractivity contribution in [3.05, 3.63) is 47.5 Å². The first-order chi connectivity index (χ1) is 12.0. The van der Waals surface area contributed by atoms with Gasteiger partial charge in [-0.25, -0.2) is 0 Å². The second-order valence-electron chi connectivity index (χ2n) is 7.90. The van der Waals surface area contributed by atoms with Gasteiger partial charge in [0.1, 0.15) is 22.7 Å². The molecule has 132 valence electrons. The van der Waals surface area contributed by atoms with Gasteiger partial charge in [-0.3, -0.25) is 0 Å². The third-order valence-electron chi connectivity index (χ3n) is 3.20. The van der Waals surface area contributed by atoms with E-state index in [4.69, 9.17) is 9.47 Å². The first kappa shape index (κ1) is 19.3. The molecule has 0 unspecified atom stereocenters. The van der Waals surface area contributed by atoms with Crippen LogP contribution in [0.5, 0.6) is 11.5 Å². The van der Waals surface area contributed by atoms with E-state index in [1.807, 2.05) is 41.5 Å². The van der Waals surface area contributed by atoms with Gasteiger partial charge in [-0.2, -0.15) is 10.5 Å². The zero-order chi connectivity index (χ0) is 19.5. The Morgan fingerprint density at radius 1 is 0.808 bits per heavy atom. The minimum absolute atomic E-state index is 0.354. The molecule has 4 heteroatoms. The van der Waals surface area contributed by atoms with Crippen LogP contribution in [0.15, 0.2) is 24.3 Å². The van der Waals surface area contributed by atoms with Crippen LogP contribution in [0.2, 0.25) is 0 Å². The quantitative estimate of drug-likeness (QED) is 0.780. The van der Waals surface area contributed by atoms with Crippen molar-refractivity contribution in [2.24, 2.45) is 0 Å². The van der Waals surface area contributed by atoms with Crippen LogP contribution in [0.25, 0.3) is 11.1 Å². The Morgan fingerprint density at radius 3 is 2.00 bits per heavy atom. The number of nitrogens with zero attached hydrogens (tertiary/aromatic N) is 2. The summed E-state index contributed by atoms with van der Waals surface area (Å²) in [6, 6.07) is 16.8. The van der Waals surface area contributed by atoms with Gasteiger partial charge in [0, 0.05) is 23.3 Å². The predicted octanol–water partition coefficient (Wildman–Crippen LogP) is 5.05. The van der Waals surface area contributed by atoms with Crippen LogP contribution in [0.3, 0.4) is 0 Å². The summed E-state index contributed by atoms with van der Waals surface area (Å²) in [4.78, 5) is 0. The smallest absolute Gasteiger partial charge is 0.128 e. The van der Waals surface area contributed by atoms with Crippen LogP contribution >= 0.6 is 0 Å². The molecule has 0 N–H and O–H groups in total. The Labute approximate surface area is 155 Å². The van der Waals surface area contributed by atoms with Crippen molar-refractivity contribution in [2.75, 3.05) is 0 Å². The molecule has 0 heterocycles. The fourth-order valence-electron chi connectivity index (χ4n) is 2.34. The van der Waals surface area contributed by atoms with E-state index >= 15 is 0 Å². The lowest BCUT2D eigenvalue weighted by Gasteiger charge is -2.25. The highest BCUT2D eigenvalue weighted by Crippen LogP contribution is 2.38. The van der Waals surface area contributed by atoms with Gasteiger partial charge in [-0.15, -0.1) is 0 Å². The minimum Gasteiger partial charge on any atom is -0.487 e. The molecule has 0 aromatic heterocycles. The van der Waals surface area contributed by atoms with Crippen LogP contribution in [-0.4, -0.2) is 11.2 Å². The number of nitriles is 2. The molecule has 0 aliphatic carbocycles. The molecule has 2 aromatic rings. The van der Waals surface area contributed by atoms with E-state index in [1.165, 1.54) is 6.07 Å². The molecule has 0 bridgehead atoms. The predicted molar refractivity (Wildman–Crippen MR) is 99.7 cm³/mol. The third kappa shape index (κ3) is 5.01. The number of ether oxygens (including phenoxy) is 2. The summed E-state index contributed by atoms with van der Waals surface area (Å²) in [5.74, 6) is 1.12. The Hall–Kier alpha value is -2.98. The van der Waals surface area contributed by atoms with Crippen molar-refractivity contribution in [1.29, 1.82) is 10.5 Å². The highest BCUT2D eigenvalue weighted by Gasteiger charge is 2.20. The maximum atomic E-state index is 9.49. The van der Waals surface area contributed by atoms with Crippen molar-refractivity contribution in [1.82, 2.24) is 0 Å². The summed E-state index contributed by atoms with van der Waals surface area (Å²) in [5.41, 5.74) is 1.23. The van der Waals surface area contributed by atoms with E-state index in [2.05, 4.69) is 24.3 Å². The molecule has 4 nitrogen and oxygen atoms in total. The van der Waals surface area contributed by atoms with Crippen LogP contribution in [-0.2, 0) is 0 Å². The van der Waals surface area contributed by atoms with Crippen LogP contribution in [0, 0.1) is 34.8 Å². The zero-order valence-corrected chi connectivity index (χ0v) is 16.0. The Morgan fingerprint density at radius 2 is 1.46 bits per heavy atom. The van der Waals surface area contributed by atoms with Gasteiger partial charge in [0.15, 0.2) is 0 Å². The second-order valence-corrected chi connectivity index (χ2v) is 7.90. The van der Waals surface area contributed by atoms with E-state index in [0.717, 1.165) is 0 Å². The summed E-state index contributed by atoms with van der Waals surface area (Å²) in [5, 5.41) is 18.7. The van der Waals surface area contributed by atoms with E-state index in [0.29, 0.717) is 33.8 Å². The monoisotopic (exact) mass is 346 g/mol. The molecule has 0 saturated heterocycles. The molecule has 0 aliphatic rings. The molecule has 0 saturated carbocycles. The van der Waals surface area contributed by atoms with Crippen molar-refractivity contribution in [3.8, 4) is 34.8 Å². The van der Waals surface area contributed by atoms with Crippen LogP contribution in [0.4, 0.5) is 0 Å². The van der Waals surface area contributed by atoms with Gasteiger partial charge in [-0.05, 0) is 65.8 Å². The Bertz CT molecular complexity index is 888. The lowest BCUT2D eigenvalue weighted by molar-refractivity contribution is 0.125. The van der Waals surface area contributed by atoms with Gasteiger partial charge in [0.25, 0.3) is 0 Å². The molecular formula is C22H22N2O2. The first-order valence-corrected chi connectivity index (χ1v) is 8.32. The highest BCUT2D eigenvalue weighted by atomic mass is 16.5. The summed E-state index contributed by atoms with van der Waals surface area (Å²) in [6.45, 7) is 11.7. The van der Waals surface area contributed by atoms with Gasteiger partial charge >= 0.3 is 0 Å². The van der Waals surface area contributed by atoms with Crippen LogP contribution < -0.4 is 9.47 Å². The average Bonchev–Trinajstić information content (AvgIpc) is 2.53. The van der Waals surface area contributed by atoms with E-state index < -0.39 is 5.60 Å². The fraction of sp³-hybridized carbons (Fsp3) is 0.364. The first-order valence-electron chi connectivity index (χ1n) is 8.32. The van der Waals surface area contributed by atoms with Crippen molar-refractivity contribution in [2.45, 2.75) is 52.7 Å². The Balaban J connectivity index is 2.69. The lowest BCUT2D eigenvalue weighted by atomic mass is 9.96. The molecule has 0 fully saturated rings. The van der Waals surface area contributed by atoms with Gasteiger partial charge in [0.2, 0.25) is 0 Å². The highest BCUT2D eigenvalue weighted by molar-refractivity contribution is 5.78. The average molecular weight is 346 g/mol. The number of hydrogen-bond acceptors (Lipinski definition) is 4. The van der Waals surface area contributed by atoms with Gasteiger partial charge < -0.3 is 9.47 Å². The minimum atomic E-state index is -0.430. The summed E-state index contributed by atoms with van der Waals surface area (Å²) in [6.07, 6.45) is 0. The van der Waals surface area contributed by atoms with Crippen LogP contribution in [0.1, 0.15) is 52.7 Å². The summed E-state index contributed by atoms with van der Waals surface area (Å²) < 4.78 is 12.0. The largest absolute Gasteiger partial charge is 0.487 e. The van der Waals surface area contributed by atoms with Crippen molar-refractivity contribution >= 4 is 0 Å². The van der Waals surface area contributed by atoms with Crippen molar-refractivity contribution < 1.29 is 9.47 Å². The zero-order valence-electron chi connectivity index (χ0n) is 16.0. The molecule has 26 heavy (non-hydrogen) atoms. The van der Waals surface area contributed by atoms with E-state index in [-0.39, 0.29) is 5.60 Å². The van der Waals surface area contributed by atoms with Gasteiger partial charge in [-0.1, -0.05) is 0 Å². The number of hydrogen-bond donors (Lipinski definition) is 0. The molecule has 0 aliphatic heterocycles. The number of benzene rings is 2. The molecule has 0 atom stereocenters. The third-order valence-corrected chi connectivity index (χ3v) is 3.20. The molecule has 2 rings (SSSR count). The molecule has 0 spiro atoms. The maximum absolute atomic E-state index is 9.49. The van der Waals surface area contributed by atoms with E-state index in [9.17, 15) is 10.5 Å². The van der Waals surface area contributed by atoms with Gasteiger partial charge in [0.05, 0.1) is 23.3 Å². The van der Waals surface area contributed by atoms with Crippen molar-refractivity contribution in [3.63, 3.8) is 0 Å². The summed E-state index contributed by atoms with van der Waals surface area (Å²) in [7, 11) is 0.